The Morgan fingerprint density at radius 3 is 3.00 bits per heavy atom. The van der Waals surface area contributed by atoms with Gasteiger partial charge in [-0.3, -0.25) is 4.98 Å². The molecule has 0 fully saturated rings. The maximum absolute atomic E-state index is 5.35. The highest BCUT2D eigenvalue weighted by Gasteiger charge is 2.07. The number of pyridine rings is 1. The van der Waals surface area contributed by atoms with E-state index in [4.69, 9.17) is 10.3 Å². The van der Waals surface area contributed by atoms with Gasteiger partial charge in [0.25, 0.3) is 0 Å². The van der Waals surface area contributed by atoms with Gasteiger partial charge in [-0.2, -0.15) is 4.98 Å². The Bertz CT molecular complexity index is 438. The van der Waals surface area contributed by atoms with Gasteiger partial charge in [-0.15, -0.1) is 0 Å². The molecule has 0 unspecified atom stereocenters. The van der Waals surface area contributed by atoms with E-state index < -0.39 is 0 Å². The lowest BCUT2D eigenvalue weighted by Crippen LogP contribution is -1.95. The van der Waals surface area contributed by atoms with Gasteiger partial charge >= 0.3 is 0 Å². The van der Waals surface area contributed by atoms with Crippen molar-refractivity contribution in [3.63, 3.8) is 0 Å². The van der Waals surface area contributed by atoms with Crippen molar-refractivity contribution in [1.29, 1.82) is 0 Å². The molecule has 2 N–H and O–H groups in total. The second-order valence-corrected chi connectivity index (χ2v) is 2.93. The van der Waals surface area contributed by atoms with Crippen molar-refractivity contribution in [1.82, 2.24) is 15.1 Å². The van der Waals surface area contributed by atoms with E-state index in [0.29, 0.717) is 17.4 Å². The third-order valence-electron chi connectivity index (χ3n) is 1.79. The molecule has 14 heavy (non-hydrogen) atoms. The molecule has 0 aromatic carbocycles. The fourth-order valence-electron chi connectivity index (χ4n) is 1.10. The van der Waals surface area contributed by atoms with Crippen LogP contribution in [0.1, 0.15) is 11.5 Å². The summed E-state index contributed by atoms with van der Waals surface area (Å²) in [5, 5.41) is 3.77. The SMILES string of the molecule is Cc1ccnc(-c2noc(CN)n2)c1. The highest BCUT2D eigenvalue weighted by atomic mass is 16.5. The summed E-state index contributed by atoms with van der Waals surface area (Å²) < 4.78 is 4.88. The van der Waals surface area contributed by atoms with Crippen molar-refractivity contribution in [3.05, 3.63) is 29.8 Å². The maximum Gasteiger partial charge on any atom is 0.240 e. The van der Waals surface area contributed by atoms with Gasteiger partial charge in [0.15, 0.2) is 0 Å². The zero-order valence-corrected chi connectivity index (χ0v) is 7.77. The van der Waals surface area contributed by atoms with E-state index in [1.54, 1.807) is 6.20 Å². The van der Waals surface area contributed by atoms with Crippen LogP contribution in [0.15, 0.2) is 22.9 Å². The molecule has 0 aliphatic heterocycles. The highest BCUT2D eigenvalue weighted by Crippen LogP contribution is 2.13. The molecule has 72 valence electrons. The minimum atomic E-state index is 0.249. The Kier molecular flexibility index (Phi) is 2.24. The molecule has 2 heterocycles. The molecule has 2 aromatic heterocycles. The molecule has 5 nitrogen and oxygen atoms in total. The molecule has 0 saturated carbocycles. The van der Waals surface area contributed by atoms with E-state index in [1.165, 1.54) is 0 Å². The summed E-state index contributed by atoms with van der Waals surface area (Å²) in [6, 6.07) is 3.80. The Labute approximate surface area is 81.0 Å². The molecule has 2 aromatic rings. The van der Waals surface area contributed by atoms with Gasteiger partial charge in [0.05, 0.1) is 6.54 Å². The van der Waals surface area contributed by atoms with E-state index in [-0.39, 0.29) is 6.54 Å². The van der Waals surface area contributed by atoms with Crippen molar-refractivity contribution < 1.29 is 4.52 Å². The molecule has 0 bridgehead atoms. The molecule has 0 radical (unpaired) electrons. The largest absolute Gasteiger partial charge is 0.338 e. The first kappa shape index (κ1) is 8.83. The molecule has 0 amide bonds. The Morgan fingerprint density at radius 2 is 2.36 bits per heavy atom. The summed E-state index contributed by atoms with van der Waals surface area (Å²) in [5.41, 5.74) is 7.16. The van der Waals surface area contributed by atoms with Gasteiger partial charge in [0, 0.05) is 6.20 Å². The number of hydrogen-bond acceptors (Lipinski definition) is 5. The van der Waals surface area contributed by atoms with Crippen molar-refractivity contribution in [3.8, 4) is 11.5 Å². The minimum absolute atomic E-state index is 0.249. The topological polar surface area (TPSA) is 77.8 Å². The van der Waals surface area contributed by atoms with E-state index >= 15 is 0 Å². The lowest BCUT2D eigenvalue weighted by molar-refractivity contribution is 0.380. The molecule has 0 saturated heterocycles. The number of nitrogens with two attached hydrogens (primary N) is 1. The third kappa shape index (κ3) is 1.62. The van der Waals surface area contributed by atoms with Crippen LogP contribution in [-0.2, 0) is 6.54 Å². The molecule has 0 atom stereocenters. The van der Waals surface area contributed by atoms with Gasteiger partial charge in [-0.25, -0.2) is 0 Å². The first-order chi connectivity index (χ1) is 6.79. The van der Waals surface area contributed by atoms with Gasteiger partial charge < -0.3 is 10.3 Å². The predicted octanol–water partition coefficient (Wildman–Crippen LogP) is 0.899. The zero-order chi connectivity index (χ0) is 9.97. The molecule has 0 spiro atoms. The summed E-state index contributed by atoms with van der Waals surface area (Å²) in [5.74, 6) is 0.900. The number of aromatic nitrogens is 3. The van der Waals surface area contributed by atoms with Crippen LogP contribution < -0.4 is 5.73 Å². The van der Waals surface area contributed by atoms with Crippen LogP contribution in [0.2, 0.25) is 0 Å². The molecular formula is C9H10N4O. The van der Waals surface area contributed by atoms with E-state index in [0.717, 1.165) is 5.56 Å². The summed E-state index contributed by atoms with van der Waals surface area (Å²) in [6.07, 6.45) is 1.71. The average molecular weight is 190 g/mol. The smallest absolute Gasteiger partial charge is 0.240 e. The lowest BCUT2D eigenvalue weighted by atomic mass is 10.2. The lowest BCUT2D eigenvalue weighted by Gasteiger charge is -1.93. The van der Waals surface area contributed by atoms with Gasteiger partial charge in [-0.1, -0.05) is 5.16 Å². The van der Waals surface area contributed by atoms with Crippen molar-refractivity contribution in [2.45, 2.75) is 13.5 Å². The van der Waals surface area contributed by atoms with Gasteiger partial charge in [0.2, 0.25) is 11.7 Å². The van der Waals surface area contributed by atoms with Crippen molar-refractivity contribution in [2.75, 3.05) is 0 Å². The minimum Gasteiger partial charge on any atom is -0.338 e. The third-order valence-corrected chi connectivity index (χ3v) is 1.79. The number of nitrogens with zero attached hydrogens (tertiary/aromatic N) is 3. The predicted molar refractivity (Wildman–Crippen MR) is 50.2 cm³/mol. The molecule has 5 heteroatoms. The normalized spacial score (nSPS) is 10.4. The van der Waals surface area contributed by atoms with Crippen LogP contribution in [0.5, 0.6) is 0 Å². The van der Waals surface area contributed by atoms with E-state index in [9.17, 15) is 0 Å². The Morgan fingerprint density at radius 1 is 1.50 bits per heavy atom. The number of rotatable bonds is 2. The Hall–Kier alpha value is -1.75. The van der Waals surface area contributed by atoms with Gasteiger partial charge in [0.1, 0.15) is 5.69 Å². The fraction of sp³-hybridized carbons (Fsp3) is 0.222. The zero-order valence-electron chi connectivity index (χ0n) is 7.77. The average Bonchev–Trinajstić information content (AvgIpc) is 2.66. The van der Waals surface area contributed by atoms with E-state index in [2.05, 4.69) is 15.1 Å². The van der Waals surface area contributed by atoms with Crippen LogP contribution in [0, 0.1) is 6.92 Å². The van der Waals surface area contributed by atoms with E-state index in [1.807, 2.05) is 19.1 Å². The first-order valence-corrected chi connectivity index (χ1v) is 4.25. The monoisotopic (exact) mass is 190 g/mol. The van der Waals surface area contributed by atoms with Crippen LogP contribution in [0.3, 0.4) is 0 Å². The number of aryl methyl sites for hydroxylation is 1. The Balaban J connectivity index is 2.39. The van der Waals surface area contributed by atoms with Crippen LogP contribution in [-0.4, -0.2) is 15.1 Å². The van der Waals surface area contributed by atoms with Crippen LogP contribution >= 0.6 is 0 Å². The molecule has 0 aliphatic rings. The first-order valence-electron chi connectivity index (χ1n) is 4.25. The second kappa shape index (κ2) is 3.55. The highest BCUT2D eigenvalue weighted by molar-refractivity contribution is 5.48. The van der Waals surface area contributed by atoms with Crippen LogP contribution in [0.25, 0.3) is 11.5 Å². The number of hydrogen-bond donors (Lipinski definition) is 1. The molecular weight excluding hydrogens is 180 g/mol. The summed E-state index contributed by atoms with van der Waals surface area (Å²) in [6.45, 7) is 2.23. The summed E-state index contributed by atoms with van der Waals surface area (Å²) >= 11 is 0. The van der Waals surface area contributed by atoms with Crippen LogP contribution in [0.4, 0.5) is 0 Å². The second-order valence-electron chi connectivity index (χ2n) is 2.93. The maximum atomic E-state index is 5.35. The standard InChI is InChI=1S/C9H10N4O/c1-6-2-3-11-7(4-6)9-12-8(5-10)14-13-9/h2-4H,5,10H2,1H3. The fourth-order valence-corrected chi connectivity index (χ4v) is 1.10. The van der Waals surface area contributed by atoms with Crippen molar-refractivity contribution >= 4 is 0 Å². The summed E-state index contributed by atoms with van der Waals surface area (Å²) in [7, 11) is 0. The molecule has 2 rings (SSSR count). The summed E-state index contributed by atoms with van der Waals surface area (Å²) in [4.78, 5) is 8.21. The molecule has 0 aliphatic carbocycles. The van der Waals surface area contributed by atoms with Crippen molar-refractivity contribution in [2.24, 2.45) is 5.73 Å². The van der Waals surface area contributed by atoms with Gasteiger partial charge in [-0.05, 0) is 24.6 Å². The quantitative estimate of drug-likeness (QED) is 0.761.